The van der Waals surface area contributed by atoms with E-state index in [1.54, 1.807) is 0 Å². The number of hydrogen-bond donors (Lipinski definition) is 0. The van der Waals surface area contributed by atoms with Crippen molar-refractivity contribution in [3.8, 4) is 0 Å². The molecule has 6 nitrogen and oxygen atoms in total. The number of rotatable bonds is 43. The molecule has 0 aliphatic rings. The number of carbonyl (C=O) groups excluding carboxylic acids is 3. The molecule has 6 heteroatoms. The Morgan fingerprint density at radius 2 is 0.691 bits per heavy atom. The minimum absolute atomic E-state index is 0.0646. The van der Waals surface area contributed by atoms with Crippen molar-refractivity contribution >= 4 is 17.9 Å². The second-order valence-electron chi connectivity index (χ2n) is 17.5. The fraction of sp³-hybridized carbons (Fsp3) is 0.939. The molecule has 0 heterocycles. The molecule has 0 rings (SSSR count). The molecule has 0 amide bonds. The Balaban J connectivity index is 4.34. The van der Waals surface area contributed by atoms with Gasteiger partial charge in [-0.1, -0.05) is 227 Å². The fourth-order valence-corrected chi connectivity index (χ4v) is 7.25. The predicted octanol–water partition coefficient (Wildman–Crippen LogP) is 15.4. The Hall–Kier alpha value is -1.59. The lowest BCUT2D eigenvalue weighted by Gasteiger charge is -2.18. The average molecular weight is 779 g/mol. The summed E-state index contributed by atoms with van der Waals surface area (Å²) in [6.07, 6.45) is 40.8. The van der Waals surface area contributed by atoms with E-state index in [0.717, 1.165) is 69.6 Å². The maximum Gasteiger partial charge on any atom is 0.306 e. The topological polar surface area (TPSA) is 78.9 Å². The molecule has 0 aromatic rings. The summed E-state index contributed by atoms with van der Waals surface area (Å²) in [5.74, 6) is 0.809. The molecule has 1 unspecified atom stereocenters. The molecule has 2 atom stereocenters. The molecule has 0 aliphatic carbocycles. The van der Waals surface area contributed by atoms with Gasteiger partial charge in [-0.05, 0) is 31.1 Å². The summed E-state index contributed by atoms with van der Waals surface area (Å²) in [4.78, 5) is 37.8. The largest absolute Gasteiger partial charge is 0.462 e. The highest BCUT2D eigenvalue weighted by Crippen LogP contribution is 2.17. The van der Waals surface area contributed by atoms with E-state index in [0.29, 0.717) is 19.3 Å². The van der Waals surface area contributed by atoms with Crippen LogP contribution < -0.4 is 0 Å². The number of hydrogen-bond acceptors (Lipinski definition) is 6. The van der Waals surface area contributed by atoms with Gasteiger partial charge in [-0.2, -0.15) is 0 Å². The third-order valence-corrected chi connectivity index (χ3v) is 11.3. The van der Waals surface area contributed by atoms with Crippen LogP contribution in [0.2, 0.25) is 0 Å². The minimum Gasteiger partial charge on any atom is -0.462 e. The first-order chi connectivity index (χ1) is 26.8. The van der Waals surface area contributed by atoms with Crippen molar-refractivity contribution in [2.45, 2.75) is 272 Å². The first-order valence-electron chi connectivity index (χ1n) is 24.3. The van der Waals surface area contributed by atoms with Crippen LogP contribution in [0.1, 0.15) is 266 Å². The SMILES string of the molecule is CCCCCCCCCCCCCCC(=O)OC[C@@H](COC(=O)CCCCCCCCCCC(C)C)OC(=O)CCCCCCCCCCCCC(C)CC. The summed E-state index contributed by atoms with van der Waals surface area (Å²) in [5.41, 5.74) is 0. The van der Waals surface area contributed by atoms with Crippen LogP contribution >= 0.6 is 0 Å². The second kappa shape index (κ2) is 42.0. The van der Waals surface area contributed by atoms with Gasteiger partial charge in [0.15, 0.2) is 6.10 Å². The Bertz CT molecular complexity index is 841. The Labute approximate surface area is 342 Å². The molecule has 0 aliphatic heterocycles. The van der Waals surface area contributed by atoms with Crippen molar-refractivity contribution < 1.29 is 28.6 Å². The van der Waals surface area contributed by atoms with Crippen LogP contribution in [0.25, 0.3) is 0 Å². The van der Waals surface area contributed by atoms with Gasteiger partial charge in [0.25, 0.3) is 0 Å². The van der Waals surface area contributed by atoms with Gasteiger partial charge in [0.05, 0.1) is 0 Å². The normalized spacial score (nSPS) is 12.5. The molecule has 0 bridgehead atoms. The van der Waals surface area contributed by atoms with Crippen LogP contribution in [-0.4, -0.2) is 37.2 Å². The first kappa shape index (κ1) is 53.4. The third-order valence-electron chi connectivity index (χ3n) is 11.3. The molecule has 0 saturated carbocycles. The predicted molar refractivity (Wildman–Crippen MR) is 233 cm³/mol. The maximum absolute atomic E-state index is 12.7. The molecule has 0 radical (unpaired) electrons. The van der Waals surface area contributed by atoms with E-state index >= 15 is 0 Å². The van der Waals surface area contributed by atoms with Crippen LogP contribution in [-0.2, 0) is 28.6 Å². The summed E-state index contributed by atoms with van der Waals surface area (Å²) in [6, 6.07) is 0. The van der Waals surface area contributed by atoms with Gasteiger partial charge in [-0.25, -0.2) is 0 Å². The number of esters is 3. The van der Waals surface area contributed by atoms with Gasteiger partial charge in [0.1, 0.15) is 13.2 Å². The summed E-state index contributed by atoms with van der Waals surface area (Å²) in [6.45, 7) is 11.3. The summed E-state index contributed by atoms with van der Waals surface area (Å²) >= 11 is 0. The highest BCUT2D eigenvalue weighted by Gasteiger charge is 2.19. The highest BCUT2D eigenvalue weighted by molar-refractivity contribution is 5.71. The lowest BCUT2D eigenvalue weighted by Crippen LogP contribution is -2.30. The van der Waals surface area contributed by atoms with E-state index in [1.165, 1.54) is 154 Å². The van der Waals surface area contributed by atoms with E-state index in [9.17, 15) is 14.4 Å². The standard InChI is InChI=1S/C49H94O6/c1-6-8-9-10-11-12-13-14-18-24-29-34-39-47(50)53-42-46(43-54-48(51)40-35-30-25-21-20-22-27-32-37-44(3)4)55-49(52)41-36-31-26-19-16-15-17-23-28-33-38-45(5)7-2/h44-46H,6-43H2,1-5H3/t45?,46-/m0/s1. The highest BCUT2D eigenvalue weighted by atomic mass is 16.6. The van der Waals surface area contributed by atoms with Gasteiger partial charge in [0.2, 0.25) is 0 Å². The summed E-state index contributed by atoms with van der Waals surface area (Å²) in [5, 5.41) is 0. The van der Waals surface area contributed by atoms with Gasteiger partial charge >= 0.3 is 17.9 Å². The minimum atomic E-state index is -0.761. The number of carbonyl (C=O) groups is 3. The van der Waals surface area contributed by atoms with E-state index < -0.39 is 6.10 Å². The Kier molecular flexibility index (Phi) is 40.8. The van der Waals surface area contributed by atoms with Crippen LogP contribution in [0.5, 0.6) is 0 Å². The summed E-state index contributed by atoms with van der Waals surface area (Å²) in [7, 11) is 0. The fourth-order valence-electron chi connectivity index (χ4n) is 7.25. The maximum atomic E-state index is 12.7. The van der Waals surface area contributed by atoms with Crippen molar-refractivity contribution in [3.63, 3.8) is 0 Å². The molecule has 0 spiro atoms. The van der Waals surface area contributed by atoms with Crippen LogP contribution in [0, 0.1) is 11.8 Å². The van der Waals surface area contributed by atoms with Crippen molar-refractivity contribution in [1.29, 1.82) is 0 Å². The Morgan fingerprint density at radius 3 is 1.04 bits per heavy atom. The smallest absolute Gasteiger partial charge is 0.306 e. The molecule has 55 heavy (non-hydrogen) atoms. The lowest BCUT2D eigenvalue weighted by atomic mass is 9.99. The van der Waals surface area contributed by atoms with E-state index in [-0.39, 0.29) is 31.1 Å². The van der Waals surface area contributed by atoms with Gasteiger partial charge in [0, 0.05) is 19.3 Å². The van der Waals surface area contributed by atoms with Crippen molar-refractivity contribution in [2.24, 2.45) is 11.8 Å². The zero-order valence-electron chi connectivity index (χ0n) is 37.6. The van der Waals surface area contributed by atoms with Crippen molar-refractivity contribution in [1.82, 2.24) is 0 Å². The van der Waals surface area contributed by atoms with Crippen LogP contribution in [0.3, 0.4) is 0 Å². The Morgan fingerprint density at radius 1 is 0.382 bits per heavy atom. The van der Waals surface area contributed by atoms with Gasteiger partial charge in [-0.15, -0.1) is 0 Å². The van der Waals surface area contributed by atoms with Crippen molar-refractivity contribution in [2.75, 3.05) is 13.2 Å². The van der Waals surface area contributed by atoms with Gasteiger partial charge < -0.3 is 14.2 Å². The monoisotopic (exact) mass is 779 g/mol. The first-order valence-corrected chi connectivity index (χ1v) is 24.3. The zero-order valence-corrected chi connectivity index (χ0v) is 37.6. The van der Waals surface area contributed by atoms with Crippen LogP contribution in [0.4, 0.5) is 0 Å². The molecule has 326 valence electrons. The van der Waals surface area contributed by atoms with E-state index in [4.69, 9.17) is 14.2 Å². The molecular weight excluding hydrogens is 685 g/mol. The quantitative estimate of drug-likeness (QED) is 0.0348. The summed E-state index contributed by atoms with van der Waals surface area (Å²) < 4.78 is 16.8. The van der Waals surface area contributed by atoms with Crippen LogP contribution in [0.15, 0.2) is 0 Å². The van der Waals surface area contributed by atoms with E-state index in [1.807, 2.05) is 0 Å². The average Bonchev–Trinajstić information content (AvgIpc) is 3.17. The molecule has 0 aromatic carbocycles. The number of unbranched alkanes of at least 4 members (excludes halogenated alkanes) is 27. The molecule has 0 N–H and O–H groups in total. The molecule has 0 saturated heterocycles. The van der Waals surface area contributed by atoms with Crippen molar-refractivity contribution in [3.05, 3.63) is 0 Å². The third kappa shape index (κ3) is 41.9. The van der Waals surface area contributed by atoms with E-state index in [2.05, 4.69) is 34.6 Å². The molecular formula is C49H94O6. The zero-order chi connectivity index (χ0) is 40.5. The second-order valence-corrected chi connectivity index (χ2v) is 17.5. The molecule has 0 aromatic heterocycles. The molecule has 0 fully saturated rings. The number of ether oxygens (including phenoxy) is 3. The van der Waals surface area contributed by atoms with Gasteiger partial charge in [-0.3, -0.25) is 14.4 Å². The lowest BCUT2D eigenvalue weighted by molar-refractivity contribution is -0.167.